The van der Waals surface area contributed by atoms with Crippen molar-refractivity contribution >= 4 is 5.97 Å². The van der Waals surface area contributed by atoms with Gasteiger partial charge in [0.1, 0.15) is 0 Å². The molecule has 0 bridgehead atoms. The zero-order valence-electron chi connectivity index (χ0n) is 8.66. The predicted molar refractivity (Wildman–Crippen MR) is 53.7 cm³/mol. The quantitative estimate of drug-likeness (QED) is 0.547. The Hall–Kier alpha value is -1.51. The van der Waals surface area contributed by atoms with Crippen LogP contribution in [0.3, 0.4) is 0 Å². The van der Waals surface area contributed by atoms with E-state index in [9.17, 15) is 4.79 Å². The molecule has 0 radical (unpaired) electrons. The molecule has 1 rings (SSSR count). The van der Waals surface area contributed by atoms with Gasteiger partial charge in [0, 0.05) is 6.92 Å². The second-order valence-electron chi connectivity index (χ2n) is 2.98. The van der Waals surface area contributed by atoms with Crippen LogP contribution in [-0.4, -0.2) is 12.6 Å². The molecular formula is C11H14O3. The molecule has 76 valence electrons. The highest BCUT2D eigenvalue weighted by Gasteiger charge is 2.06. The molecule has 0 aliphatic heterocycles. The first-order chi connectivity index (χ1) is 6.63. The van der Waals surface area contributed by atoms with Crippen LogP contribution in [0.25, 0.3) is 0 Å². The maximum Gasteiger partial charge on any atom is 0.308 e. The summed E-state index contributed by atoms with van der Waals surface area (Å²) in [6.45, 7) is 5.77. The topological polar surface area (TPSA) is 35.5 Å². The molecule has 0 saturated heterocycles. The molecule has 0 spiro atoms. The Morgan fingerprint density at radius 1 is 1.36 bits per heavy atom. The van der Waals surface area contributed by atoms with E-state index in [0.29, 0.717) is 18.1 Å². The zero-order valence-corrected chi connectivity index (χ0v) is 8.66. The van der Waals surface area contributed by atoms with Gasteiger partial charge in [-0.15, -0.1) is 0 Å². The maximum atomic E-state index is 10.8. The molecule has 0 aliphatic rings. The Labute approximate surface area is 83.6 Å². The average molecular weight is 194 g/mol. The Bertz CT molecular complexity index is 331. The van der Waals surface area contributed by atoms with Gasteiger partial charge in [-0.2, -0.15) is 0 Å². The fourth-order valence-electron chi connectivity index (χ4n) is 1.12. The van der Waals surface area contributed by atoms with Crippen LogP contribution in [0.15, 0.2) is 18.2 Å². The molecule has 0 saturated carbocycles. The molecule has 0 atom stereocenters. The van der Waals surface area contributed by atoms with E-state index in [1.807, 2.05) is 26.0 Å². The number of carbonyl (C=O) groups is 1. The maximum absolute atomic E-state index is 10.8. The SMILES string of the molecule is CCOc1cc(C)ccc1OC(C)=O. The van der Waals surface area contributed by atoms with Crippen molar-refractivity contribution < 1.29 is 14.3 Å². The summed E-state index contributed by atoms with van der Waals surface area (Å²) < 4.78 is 10.3. The van der Waals surface area contributed by atoms with Crippen LogP contribution < -0.4 is 9.47 Å². The van der Waals surface area contributed by atoms with Crippen LogP contribution in [0.1, 0.15) is 19.4 Å². The molecule has 3 nitrogen and oxygen atoms in total. The molecule has 1 aromatic rings. The van der Waals surface area contributed by atoms with E-state index < -0.39 is 0 Å². The largest absolute Gasteiger partial charge is 0.490 e. The Morgan fingerprint density at radius 2 is 2.07 bits per heavy atom. The van der Waals surface area contributed by atoms with E-state index in [2.05, 4.69) is 0 Å². The summed E-state index contributed by atoms with van der Waals surface area (Å²) >= 11 is 0. The summed E-state index contributed by atoms with van der Waals surface area (Å²) in [4.78, 5) is 10.8. The second kappa shape index (κ2) is 4.65. The van der Waals surface area contributed by atoms with E-state index in [1.54, 1.807) is 6.07 Å². The molecule has 0 N–H and O–H groups in total. The molecule has 0 aliphatic carbocycles. The normalized spacial score (nSPS) is 9.64. The minimum absolute atomic E-state index is 0.338. The van der Waals surface area contributed by atoms with Gasteiger partial charge in [0.05, 0.1) is 6.61 Å². The van der Waals surface area contributed by atoms with Crippen molar-refractivity contribution in [2.75, 3.05) is 6.61 Å². The van der Waals surface area contributed by atoms with Crippen LogP contribution >= 0.6 is 0 Å². The Kier molecular flexibility index (Phi) is 3.51. The van der Waals surface area contributed by atoms with E-state index in [0.717, 1.165) is 5.56 Å². The number of ether oxygens (including phenoxy) is 2. The number of esters is 1. The van der Waals surface area contributed by atoms with Gasteiger partial charge >= 0.3 is 5.97 Å². The minimum Gasteiger partial charge on any atom is -0.490 e. The summed E-state index contributed by atoms with van der Waals surface area (Å²) in [5.41, 5.74) is 1.07. The predicted octanol–water partition coefficient (Wildman–Crippen LogP) is 2.32. The standard InChI is InChI=1S/C11H14O3/c1-4-13-11-7-8(2)5-6-10(11)14-9(3)12/h5-7H,4H2,1-3H3. The van der Waals surface area contributed by atoms with Crippen LogP contribution in [0.2, 0.25) is 0 Å². The highest BCUT2D eigenvalue weighted by atomic mass is 16.6. The molecule has 14 heavy (non-hydrogen) atoms. The van der Waals surface area contributed by atoms with Gasteiger partial charge in [-0.25, -0.2) is 0 Å². The van der Waals surface area contributed by atoms with Crippen molar-refractivity contribution in [2.45, 2.75) is 20.8 Å². The summed E-state index contributed by atoms with van der Waals surface area (Å²) in [7, 11) is 0. The first-order valence-corrected chi connectivity index (χ1v) is 4.55. The summed E-state index contributed by atoms with van der Waals surface area (Å²) in [5.74, 6) is 0.752. The highest BCUT2D eigenvalue weighted by Crippen LogP contribution is 2.28. The fourth-order valence-corrected chi connectivity index (χ4v) is 1.12. The minimum atomic E-state index is -0.338. The number of hydrogen-bond donors (Lipinski definition) is 0. The van der Waals surface area contributed by atoms with E-state index in [-0.39, 0.29) is 5.97 Å². The summed E-state index contributed by atoms with van der Waals surface area (Å²) in [6.07, 6.45) is 0. The van der Waals surface area contributed by atoms with E-state index in [1.165, 1.54) is 6.92 Å². The molecule has 0 heterocycles. The molecule has 0 aromatic heterocycles. The van der Waals surface area contributed by atoms with Crippen molar-refractivity contribution in [1.82, 2.24) is 0 Å². The monoisotopic (exact) mass is 194 g/mol. The van der Waals surface area contributed by atoms with E-state index in [4.69, 9.17) is 9.47 Å². The third-order valence-electron chi connectivity index (χ3n) is 1.65. The van der Waals surface area contributed by atoms with Gasteiger partial charge in [-0.1, -0.05) is 6.07 Å². The number of aryl methyl sites for hydroxylation is 1. The van der Waals surface area contributed by atoms with Crippen molar-refractivity contribution in [2.24, 2.45) is 0 Å². The van der Waals surface area contributed by atoms with Crippen LogP contribution in [0, 0.1) is 6.92 Å². The molecule has 3 heteroatoms. The number of carbonyl (C=O) groups excluding carboxylic acids is 1. The lowest BCUT2D eigenvalue weighted by molar-refractivity contribution is -0.132. The lowest BCUT2D eigenvalue weighted by atomic mass is 10.2. The third-order valence-corrected chi connectivity index (χ3v) is 1.65. The lowest BCUT2D eigenvalue weighted by Crippen LogP contribution is -2.04. The lowest BCUT2D eigenvalue weighted by Gasteiger charge is -2.09. The number of rotatable bonds is 3. The summed E-state index contributed by atoms with van der Waals surface area (Å²) in [5, 5.41) is 0. The second-order valence-corrected chi connectivity index (χ2v) is 2.98. The van der Waals surface area contributed by atoms with Gasteiger partial charge < -0.3 is 9.47 Å². The van der Waals surface area contributed by atoms with Gasteiger partial charge in [0.2, 0.25) is 0 Å². The smallest absolute Gasteiger partial charge is 0.308 e. The van der Waals surface area contributed by atoms with Crippen molar-refractivity contribution in [3.63, 3.8) is 0 Å². The molecular weight excluding hydrogens is 180 g/mol. The van der Waals surface area contributed by atoms with Crippen molar-refractivity contribution in [3.8, 4) is 11.5 Å². The first kappa shape index (κ1) is 10.6. The van der Waals surface area contributed by atoms with Crippen LogP contribution in [-0.2, 0) is 4.79 Å². The van der Waals surface area contributed by atoms with Crippen molar-refractivity contribution in [3.05, 3.63) is 23.8 Å². The summed E-state index contributed by atoms with van der Waals surface area (Å²) in [6, 6.07) is 5.46. The average Bonchev–Trinajstić information content (AvgIpc) is 2.09. The first-order valence-electron chi connectivity index (χ1n) is 4.55. The molecule has 0 fully saturated rings. The van der Waals surface area contributed by atoms with Crippen molar-refractivity contribution in [1.29, 1.82) is 0 Å². The highest BCUT2D eigenvalue weighted by molar-refractivity contribution is 5.70. The number of benzene rings is 1. The Balaban J connectivity index is 2.95. The van der Waals surface area contributed by atoms with Crippen LogP contribution in [0.5, 0.6) is 11.5 Å². The van der Waals surface area contributed by atoms with Crippen LogP contribution in [0.4, 0.5) is 0 Å². The van der Waals surface area contributed by atoms with E-state index >= 15 is 0 Å². The molecule has 0 amide bonds. The van der Waals surface area contributed by atoms with Gasteiger partial charge in [0.25, 0.3) is 0 Å². The molecule has 0 unspecified atom stereocenters. The van der Waals surface area contributed by atoms with Gasteiger partial charge in [-0.3, -0.25) is 4.79 Å². The third kappa shape index (κ3) is 2.76. The van der Waals surface area contributed by atoms with Gasteiger partial charge in [0.15, 0.2) is 11.5 Å². The fraction of sp³-hybridized carbons (Fsp3) is 0.364. The molecule has 1 aromatic carbocycles. The zero-order chi connectivity index (χ0) is 10.6. The number of hydrogen-bond acceptors (Lipinski definition) is 3. The Morgan fingerprint density at radius 3 is 2.64 bits per heavy atom. The van der Waals surface area contributed by atoms with Gasteiger partial charge in [-0.05, 0) is 31.5 Å².